The Hall–Kier alpha value is -3.47. The van der Waals surface area contributed by atoms with E-state index in [9.17, 15) is 4.79 Å². The van der Waals surface area contributed by atoms with Crippen molar-refractivity contribution in [3.63, 3.8) is 0 Å². The molecule has 2 heterocycles. The van der Waals surface area contributed by atoms with Gasteiger partial charge in [0.1, 0.15) is 0 Å². The summed E-state index contributed by atoms with van der Waals surface area (Å²) in [6.07, 6.45) is 3.49. The molecular weight excluding hydrogens is 300 g/mol. The number of rotatable bonds is 4. The molecule has 2 aromatic carbocycles. The summed E-state index contributed by atoms with van der Waals surface area (Å²) < 4.78 is 0. The fourth-order valence-corrected chi connectivity index (χ4v) is 2.77. The molecule has 0 unspecified atom stereocenters. The molecule has 0 aliphatic carbocycles. The van der Waals surface area contributed by atoms with Crippen LogP contribution in [0.15, 0.2) is 73.1 Å². The van der Waals surface area contributed by atoms with E-state index in [4.69, 9.17) is 0 Å². The van der Waals surface area contributed by atoms with Crippen LogP contribution >= 0.6 is 0 Å². The zero-order valence-electron chi connectivity index (χ0n) is 12.7. The summed E-state index contributed by atoms with van der Waals surface area (Å²) in [6, 6.07) is 18.7. The number of H-pyrrole nitrogens is 2. The number of aromatic amines is 2. The highest BCUT2D eigenvalue weighted by Gasteiger charge is 2.19. The van der Waals surface area contributed by atoms with Gasteiger partial charge in [0.2, 0.25) is 0 Å². The van der Waals surface area contributed by atoms with E-state index in [-0.39, 0.29) is 5.78 Å². The van der Waals surface area contributed by atoms with E-state index >= 15 is 0 Å². The number of nitrogens with zero attached hydrogens (tertiary/aromatic N) is 2. The summed E-state index contributed by atoms with van der Waals surface area (Å²) in [5, 5.41) is 14.0. The maximum absolute atomic E-state index is 13.2. The maximum atomic E-state index is 13.2. The third-order valence-corrected chi connectivity index (χ3v) is 3.90. The predicted octanol–water partition coefficient (Wildman–Crippen LogP) is 3.70. The number of carbonyl (C=O) groups excluding carboxylic acids is 1. The molecule has 0 saturated carbocycles. The van der Waals surface area contributed by atoms with Gasteiger partial charge in [0.15, 0.2) is 5.78 Å². The maximum Gasteiger partial charge on any atom is 0.194 e. The van der Waals surface area contributed by atoms with Crippen LogP contribution in [0, 0.1) is 0 Å². The Morgan fingerprint density at radius 1 is 0.667 bits per heavy atom. The first kappa shape index (κ1) is 14.1. The molecule has 5 nitrogen and oxygen atoms in total. The molecule has 0 atom stereocenters. The summed E-state index contributed by atoms with van der Waals surface area (Å²) in [7, 11) is 0. The van der Waals surface area contributed by atoms with Crippen LogP contribution in [0.1, 0.15) is 15.9 Å². The number of nitrogens with one attached hydrogen (secondary N) is 2. The average molecular weight is 314 g/mol. The molecule has 4 aromatic rings. The largest absolute Gasteiger partial charge is 0.289 e. The van der Waals surface area contributed by atoms with Gasteiger partial charge in [-0.25, -0.2) is 0 Å². The molecular formula is C19H14N4O. The normalized spacial score (nSPS) is 10.7. The highest BCUT2D eigenvalue weighted by Crippen LogP contribution is 2.28. The average Bonchev–Trinajstić information content (AvgIpc) is 3.35. The lowest BCUT2D eigenvalue weighted by Crippen LogP contribution is -2.05. The van der Waals surface area contributed by atoms with E-state index < -0.39 is 0 Å². The summed E-state index contributed by atoms with van der Waals surface area (Å²) in [5.41, 5.74) is 4.34. The van der Waals surface area contributed by atoms with E-state index in [0.717, 1.165) is 22.5 Å². The Kier molecular flexibility index (Phi) is 3.51. The van der Waals surface area contributed by atoms with Gasteiger partial charge in [-0.15, -0.1) is 0 Å². The lowest BCUT2D eigenvalue weighted by atomic mass is 9.93. The molecule has 2 N–H and O–H groups in total. The monoisotopic (exact) mass is 314 g/mol. The molecule has 5 heteroatoms. The number of aromatic nitrogens is 4. The van der Waals surface area contributed by atoms with Crippen LogP contribution in [0.25, 0.3) is 22.5 Å². The highest BCUT2D eigenvalue weighted by molar-refractivity contribution is 6.15. The number of ketones is 1. The Morgan fingerprint density at radius 3 is 1.54 bits per heavy atom. The van der Waals surface area contributed by atoms with E-state index in [1.54, 1.807) is 12.4 Å². The molecule has 0 aliphatic heterocycles. The van der Waals surface area contributed by atoms with Crippen LogP contribution in [0.2, 0.25) is 0 Å². The van der Waals surface area contributed by atoms with Crippen LogP contribution in [0.5, 0.6) is 0 Å². The number of carbonyl (C=O) groups is 1. The van der Waals surface area contributed by atoms with Crippen molar-refractivity contribution in [3.05, 3.63) is 84.2 Å². The van der Waals surface area contributed by atoms with Crippen LogP contribution in [-0.2, 0) is 0 Å². The summed E-state index contributed by atoms with van der Waals surface area (Å²) in [4.78, 5) is 13.2. The quantitative estimate of drug-likeness (QED) is 0.564. The lowest BCUT2D eigenvalue weighted by Gasteiger charge is -2.10. The topological polar surface area (TPSA) is 74.4 Å². The van der Waals surface area contributed by atoms with Crippen molar-refractivity contribution in [1.29, 1.82) is 0 Å². The van der Waals surface area contributed by atoms with Crippen LogP contribution in [-0.4, -0.2) is 26.2 Å². The summed E-state index contributed by atoms with van der Waals surface area (Å²) in [5.74, 6) is -0.0489. The Morgan fingerprint density at radius 2 is 1.12 bits per heavy atom. The Bertz CT molecular complexity index is 893. The van der Waals surface area contributed by atoms with E-state index in [1.165, 1.54) is 0 Å². The zero-order chi connectivity index (χ0) is 16.4. The molecule has 0 fully saturated rings. The second kappa shape index (κ2) is 5.96. The summed E-state index contributed by atoms with van der Waals surface area (Å²) >= 11 is 0. The molecule has 0 radical (unpaired) electrons. The standard InChI is InChI=1S/C19H14N4O/c24-19(15-7-3-1-5-13(15)17-9-11-20-22-17)16-8-4-2-6-14(16)18-10-12-21-23-18/h1-12H,(H,20,22)(H,21,23). The first-order chi connectivity index (χ1) is 11.8. The molecule has 116 valence electrons. The molecule has 0 saturated heterocycles. The van der Waals surface area contributed by atoms with Crippen LogP contribution < -0.4 is 0 Å². The third-order valence-electron chi connectivity index (χ3n) is 3.90. The van der Waals surface area contributed by atoms with Crippen molar-refractivity contribution in [1.82, 2.24) is 20.4 Å². The summed E-state index contributed by atoms with van der Waals surface area (Å²) in [6.45, 7) is 0. The second-order valence-corrected chi connectivity index (χ2v) is 5.34. The van der Waals surface area contributed by atoms with Crippen molar-refractivity contribution >= 4 is 5.78 Å². The number of hydrogen-bond donors (Lipinski definition) is 2. The van der Waals surface area contributed by atoms with Gasteiger partial charge >= 0.3 is 0 Å². The number of benzene rings is 2. The Balaban J connectivity index is 1.85. The minimum atomic E-state index is -0.0489. The van der Waals surface area contributed by atoms with Crippen LogP contribution in [0.4, 0.5) is 0 Å². The number of hydrogen-bond acceptors (Lipinski definition) is 3. The van der Waals surface area contributed by atoms with Gasteiger partial charge in [-0.1, -0.05) is 48.5 Å². The highest BCUT2D eigenvalue weighted by atomic mass is 16.1. The van der Waals surface area contributed by atoms with Crippen molar-refractivity contribution in [2.24, 2.45) is 0 Å². The van der Waals surface area contributed by atoms with Crippen molar-refractivity contribution in [2.45, 2.75) is 0 Å². The van der Waals surface area contributed by atoms with Crippen molar-refractivity contribution in [2.75, 3.05) is 0 Å². The SMILES string of the molecule is O=C(c1ccccc1-c1cc[nH]n1)c1ccccc1-c1cc[nH]n1. The van der Waals surface area contributed by atoms with Crippen molar-refractivity contribution in [3.8, 4) is 22.5 Å². The molecule has 0 bridgehead atoms. The first-order valence-electron chi connectivity index (χ1n) is 7.57. The smallest absolute Gasteiger partial charge is 0.194 e. The molecule has 0 amide bonds. The van der Waals surface area contributed by atoms with Gasteiger partial charge in [0.05, 0.1) is 11.4 Å². The minimum Gasteiger partial charge on any atom is -0.289 e. The van der Waals surface area contributed by atoms with Gasteiger partial charge in [-0.05, 0) is 12.1 Å². The molecule has 2 aromatic heterocycles. The lowest BCUT2D eigenvalue weighted by molar-refractivity contribution is 0.104. The van der Waals surface area contributed by atoms with Gasteiger partial charge < -0.3 is 0 Å². The molecule has 24 heavy (non-hydrogen) atoms. The Labute approximate surface area is 138 Å². The minimum absolute atomic E-state index is 0.0489. The van der Waals surface area contributed by atoms with E-state index in [2.05, 4.69) is 20.4 Å². The predicted molar refractivity (Wildman–Crippen MR) is 91.5 cm³/mol. The van der Waals surface area contributed by atoms with Gasteiger partial charge in [-0.3, -0.25) is 15.0 Å². The van der Waals surface area contributed by atoms with E-state index in [0.29, 0.717) is 11.1 Å². The third kappa shape index (κ3) is 2.42. The molecule has 4 rings (SSSR count). The van der Waals surface area contributed by atoms with Crippen molar-refractivity contribution < 1.29 is 4.79 Å². The first-order valence-corrected chi connectivity index (χ1v) is 7.57. The fourth-order valence-electron chi connectivity index (χ4n) is 2.77. The van der Waals surface area contributed by atoms with Gasteiger partial charge in [0.25, 0.3) is 0 Å². The van der Waals surface area contributed by atoms with Gasteiger partial charge in [-0.2, -0.15) is 10.2 Å². The van der Waals surface area contributed by atoms with Gasteiger partial charge in [0, 0.05) is 34.6 Å². The van der Waals surface area contributed by atoms with E-state index in [1.807, 2.05) is 60.7 Å². The second-order valence-electron chi connectivity index (χ2n) is 5.34. The van der Waals surface area contributed by atoms with Crippen LogP contribution in [0.3, 0.4) is 0 Å². The molecule has 0 spiro atoms. The molecule has 0 aliphatic rings. The fraction of sp³-hybridized carbons (Fsp3) is 0. The zero-order valence-corrected chi connectivity index (χ0v) is 12.7.